The van der Waals surface area contributed by atoms with Crippen LogP contribution in [0.15, 0.2) is 85.3 Å². The highest BCUT2D eigenvalue weighted by Gasteiger charge is 2.30. The number of rotatable bonds is 8. The van der Waals surface area contributed by atoms with Crippen molar-refractivity contribution in [2.45, 2.75) is 6.54 Å². The molecule has 0 aliphatic heterocycles. The quantitative estimate of drug-likeness (QED) is 0.287. The standard InChI is InChI=1S/C23H19N5O4/c1-31-18-11-5-6-12-19(18)32-23-21(28(29)30)22(25-16-26-23)27(20-13-7-8-14-24-20)15-17-9-3-2-4-10-17/h2-14,16H,15H2,1H3. The number of benzene rings is 2. The molecule has 0 spiro atoms. The van der Waals surface area contributed by atoms with Gasteiger partial charge >= 0.3 is 11.6 Å². The maximum absolute atomic E-state index is 12.1. The fourth-order valence-electron chi connectivity index (χ4n) is 3.14. The Balaban J connectivity index is 1.82. The van der Waals surface area contributed by atoms with Crippen LogP contribution in [-0.4, -0.2) is 27.0 Å². The Hall–Kier alpha value is -4.53. The van der Waals surface area contributed by atoms with E-state index in [0.29, 0.717) is 23.9 Å². The molecule has 0 amide bonds. The van der Waals surface area contributed by atoms with E-state index in [9.17, 15) is 10.1 Å². The van der Waals surface area contributed by atoms with E-state index in [4.69, 9.17) is 9.47 Å². The normalized spacial score (nSPS) is 10.4. The summed E-state index contributed by atoms with van der Waals surface area (Å²) in [4.78, 5) is 25.9. The molecule has 0 unspecified atom stereocenters. The number of methoxy groups -OCH3 is 1. The fraction of sp³-hybridized carbons (Fsp3) is 0.0870. The van der Waals surface area contributed by atoms with Gasteiger partial charge in [-0.3, -0.25) is 10.1 Å². The van der Waals surface area contributed by atoms with Gasteiger partial charge in [0.15, 0.2) is 11.5 Å². The Bertz CT molecular complexity index is 1210. The first-order chi connectivity index (χ1) is 15.7. The molecule has 160 valence electrons. The van der Waals surface area contributed by atoms with E-state index >= 15 is 0 Å². The molecule has 9 nitrogen and oxygen atoms in total. The van der Waals surface area contributed by atoms with Crippen molar-refractivity contribution in [2.75, 3.05) is 12.0 Å². The highest BCUT2D eigenvalue weighted by atomic mass is 16.6. The number of nitro groups is 1. The molecule has 0 saturated heterocycles. The Morgan fingerprint density at radius 2 is 1.62 bits per heavy atom. The van der Waals surface area contributed by atoms with Crippen LogP contribution in [0.25, 0.3) is 0 Å². The lowest BCUT2D eigenvalue weighted by atomic mass is 10.2. The monoisotopic (exact) mass is 429 g/mol. The van der Waals surface area contributed by atoms with Crippen LogP contribution in [0.2, 0.25) is 0 Å². The third-order valence-electron chi connectivity index (χ3n) is 4.59. The average Bonchev–Trinajstić information content (AvgIpc) is 2.84. The Kier molecular flexibility index (Phi) is 6.17. The molecule has 32 heavy (non-hydrogen) atoms. The van der Waals surface area contributed by atoms with E-state index in [1.54, 1.807) is 53.6 Å². The smallest absolute Gasteiger partial charge is 0.373 e. The molecule has 4 rings (SSSR count). The topological polar surface area (TPSA) is 104 Å². The van der Waals surface area contributed by atoms with Crippen LogP contribution in [0.5, 0.6) is 17.4 Å². The van der Waals surface area contributed by atoms with Crippen LogP contribution in [0.3, 0.4) is 0 Å². The van der Waals surface area contributed by atoms with Gasteiger partial charge < -0.3 is 14.4 Å². The fourth-order valence-corrected chi connectivity index (χ4v) is 3.14. The van der Waals surface area contributed by atoms with Crippen molar-refractivity contribution in [3.05, 3.63) is 101 Å². The van der Waals surface area contributed by atoms with Crippen molar-refractivity contribution in [1.29, 1.82) is 0 Å². The molecule has 0 atom stereocenters. The Labute approximate surface area is 184 Å². The molecule has 0 aliphatic rings. The van der Waals surface area contributed by atoms with Crippen molar-refractivity contribution >= 4 is 17.3 Å². The minimum Gasteiger partial charge on any atom is -0.493 e. The van der Waals surface area contributed by atoms with Crippen LogP contribution in [0, 0.1) is 10.1 Å². The minimum atomic E-state index is -0.555. The van der Waals surface area contributed by atoms with Crippen molar-refractivity contribution in [3.63, 3.8) is 0 Å². The van der Waals surface area contributed by atoms with Gasteiger partial charge in [0.25, 0.3) is 0 Å². The summed E-state index contributed by atoms with van der Waals surface area (Å²) in [5.74, 6) is 1.10. The molecular formula is C23H19N5O4. The van der Waals surface area contributed by atoms with E-state index < -0.39 is 4.92 Å². The lowest BCUT2D eigenvalue weighted by molar-refractivity contribution is -0.385. The zero-order valence-electron chi connectivity index (χ0n) is 17.2. The largest absolute Gasteiger partial charge is 0.493 e. The second-order valence-corrected chi connectivity index (χ2v) is 6.62. The van der Waals surface area contributed by atoms with Gasteiger partial charge in [-0.1, -0.05) is 48.5 Å². The first-order valence-corrected chi connectivity index (χ1v) is 9.70. The van der Waals surface area contributed by atoms with Crippen molar-refractivity contribution < 1.29 is 14.4 Å². The van der Waals surface area contributed by atoms with E-state index in [0.717, 1.165) is 5.56 Å². The number of anilines is 2. The van der Waals surface area contributed by atoms with Crippen molar-refractivity contribution in [2.24, 2.45) is 0 Å². The number of aromatic nitrogens is 3. The minimum absolute atomic E-state index is 0.0671. The lowest BCUT2D eigenvalue weighted by Gasteiger charge is -2.23. The Morgan fingerprint density at radius 3 is 2.31 bits per heavy atom. The number of ether oxygens (including phenoxy) is 2. The first-order valence-electron chi connectivity index (χ1n) is 9.70. The predicted octanol–water partition coefficient (Wildman–Crippen LogP) is 4.92. The molecular weight excluding hydrogens is 410 g/mol. The van der Waals surface area contributed by atoms with Gasteiger partial charge in [0.1, 0.15) is 12.1 Å². The molecule has 9 heteroatoms. The summed E-state index contributed by atoms with van der Waals surface area (Å²) in [6.45, 7) is 0.309. The number of pyridine rings is 1. The molecule has 4 aromatic rings. The number of para-hydroxylation sites is 2. The number of hydrogen-bond acceptors (Lipinski definition) is 8. The van der Waals surface area contributed by atoms with Crippen LogP contribution in [0.1, 0.15) is 5.56 Å². The van der Waals surface area contributed by atoms with Gasteiger partial charge in [-0.05, 0) is 29.8 Å². The first kappa shape index (κ1) is 20.7. The highest BCUT2D eigenvalue weighted by Crippen LogP contribution is 2.40. The summed E-state index contributed by atoms with van der Waals surface area (Å²) in [6, 6.07) is 21.7. The molecule has 2 aromatic carbocycles. The van der Waals surface area contributed by atoms with E-state index in [2.05, 4.69) is 15.0 Å². The summed E-state index contributed by atoms with van der Waals surface area (Å²) in [5, 5.41) is 12.1. The Morgan fingerprint density at radius 1 is 0.906 bits per heavy atom. The summed E-state index contributed by atoms with van der Waals surface area (Å²) in [6.07, 6.45) is 2.85. The second-order valence-electron chi connectivity index (χ2n) is 6.62. The molecule has 0 aliphatic carbocycles. The highest BCUT2D eigenvalue weighted by molar-refractivity contribution is 5.70. The molecule has 0 bridgehead atoms. The number of nitrogens with zero attached hydrogens (tertiary/aromatic N) is 5. The van der Waals surface area contributed by atoms with E-state index in [-0.39, 0.29) is 17.4 Å². The van der Waals surface area contributed by atoms with Crippen LogP contribution >= 0.6 is 0 Å². The lowest BCUT2D eigenvalue weighted by Crippen LogP contribution is -2.20. The predicted molar refractivity (Wildman–Crippen MR) is 118 cm³/mol. The summed E-state index contributed by atoms with van der Waals surface area (Å²) in [5.41, 5.74) is 0.554. The molecule has 0 saturated carbocycles. The third-order valence-corrected chi connectivity index (χ3v) is 4.59. The average molecular weight is 429 g/mol. The maximum Gasteiger partial charge on any atom is 0.373 e. The SMILES string of the molecule is COc1ccccc1Oc1ncnc(N(Cc2ccccc2)c2ccccn2)c1[N+](=O)[O-]. The van der Waals surface area contributed by atoms with Gasteiger partial charge in [-0.15, -0.1) is 0 Å². The van der Waals surface area contributed by atoms with Crippen molar-refractivity contribution in [3.8, 4) is 17.4 Å². The molecule has 2 heterocycles. The van der Waals surface area contributed by atoms with Gasteiger partial charge in [0, 0.05) is 6.20 Å². The molecule has 0 N–H and O–H groups in total. The van der Waals surface area contributed by atoms with E-state index in [1.165, 1.54) is 13.4 Å². The van der Waals surface area contributed by atoms with Gasteiger partial charge in [0.05, 0.1) is 18.6 Å². The zero-order chi connectivity index (χ0) is 22.3. The third kappa shape index (κ3) is 4.46. The van der Waals surface area contributed by atoms with Crippen LogP contribution < -0.4 is 14.4 Å². The van der Waals surface area contributed by atoms with Crippen molar-refractivity contribution in [1.82, 2.24) is 15.0 Å². The number of hydrogen-bond donors (Lipinski definition) is 0. The van der Waals surface area contributed by atoms with Crippen LogP contribution in [0.4, 0.5) is 17.3 Å². The molecule has 0 fully saturated rings. The second kappa shape index (κ2) is 9.52. The van der Waals surface area contributed by atoms with Crippen LogP contribution in [-0.2, 0) is 6.54 Å². The summed E-state index contributed by atoms with van der Waals surface area (Å²) in [7, 11) is 1.49. The van der Waals surface area contributed by atoms with Gasteiger partial charge in [-0.25, -0.2) is 9.97 Å². The molecule has 0 radical (unpaired) electrons. The summed E-state index contributed by atoms with van der Waals surface area (Å²) >= 11 is 0. The zero-order valence-corrected chi connectivity index (χ0v) is 17.2. The van der Waals surface area contributed by atoms with Gasteiger partial charge in [-0.2, -0.15) is 4.98 Å². The summed E-state index contributed by atoms with van der Waals surface area (Å²) < 4.78 is 11.1. The maximum atomic E-state index is 12.1. The van der Waals surface area contributed by atoms with Gasteiger partial charge in [0.2, 0.25) is 5.82 Å². The van der Waals surface area contributed by atoms with E-state index in [1.807, 2.05) is 30.3 Å². The molecule has 2 aromatic heterocycles.